The van der Waals surface area contributed by atoms with Gasteiger partial charge in [0, 0.05) is 49.5 Å². The molecular formula is C60H36N6O. The van der Waals surface area contributed by atoms with Crippen LogP contribution in [0.4, 0.5) is 0 Å². The van der Waals surface area contributed by atoms with E-state index in [0.717, 1.165) is 110 Å². The van der Waals surface area contributed by atoms with E-state index >= 15 is 0 Å². The van der Waals surface area contributed by atoms with Crippen molar-refractivity contribution in [1.29, 1.82) is 0 Å². The maximum Gasteiger partial charge on any atom is 0.238 e. The van der Waals surface area contributed by atoms with Gasteiger partial charge in [-0.2, -0.15) is 9.97 Å². The summed E-state index contributed by atoms with van der Waals surface area (Å²) in [5.41, 5.74) is 11.7. The van der Waals surface area contributed by atoms with Crippen LogP contribution in [0.1, 0.15) is 0 Å². The Morgan fingerprint density at radius 2 is 0.836 bits per heavy atom. The highest BCUT2D eigenvalue weighted by molar-refractivity contribution is 6.23. The fourth-order valence-electron chi connectivity index (χ4n) is 10.2. The van der Waals surface area contributed by atoms with Crippen LogP contribution in [0.3, 0.4) is 0 Å². The van der Waals surface area contributed by atoms with Crippen molar-refractivity contribution in [2.45, 2.75) is 0 Å². The van der Waals surface area contributed by atoms with Crippen molar-refractivity contribution in [2.75, 3.05) is 0 Å². The van der Waals surface area contributed by atoms with Gasteiger partial charge in [0.25, 0.3) is 0 Å². The number of hydrogen-bond donors (Lipinski definition) is 0. The van der Waals surface area contributed by atoms with E-state index in [0.29, 0.717) is 23.5 Å². The van der Waals surface area contributed by atoms with E-state index in [1.807, 2.05) is 42.5 Å². The SMILES string of the molecule is c1ccc(-c2nc3cccc(-c4ccc(-n5c6ccccc6c6ccc7c8ccccc8n(-c8nc(-c9cccc%10ccccc9%10)nc(-c9cccc%10ccccc9%10)n8)c7c65)cc4)c3o2)cc1. The van der Waals surface area contributed by atoms with Crippen LogP contribution in [0.25, 0.3) is 133 Å². The molecule has 4 aromatic heterocycles. The number of para-hydroxylation sites is 3. The van der Waals surface area contributed by atoms with Gasteiger partial charge < -0.3 is 8.98 Å². The minimum absolute atomic E-state index is 0.543. The average molecular weight is 857 g/mol. The normalized spacial score (nSPS) is 11.9. The highest BCUT2D eigenvalue weighted by Crippen LogP contribution is 2.43. The minimum atomic E-state index is 0.543. The summed E-state index contributed by atoms with van der Waals surface area (Å²) in [6.07, 6.45) is 0. The largest absolute Gasteiger partial charge is 0.435 e. The molecule has 14 aromatic rings. The van der Waals surface area contributed by atoms with Crippen LogP contribution in [0, 0.1) is 0 Å². The molecule has 0 radical (unpaired) electrons. The van der Waals surface area contributed by atoms with Crippen LogP contribution < -0.4 is 0 Å². The van der Waals surface area contributed by atoms with Gasteiger partial charge in [-0.1, -0.05) is 176 Å². The summed E-state index contributed by atoms with van der Waals surface area (Å²) in [4.78, 5) is 21.1. The summed E-state index contributed by atoms with van der Waals surface area (Å²) in [7, 11) is 0. The van der Waals surface area contributed by atoms with Gasteiger partial charge in [0.2, 0.25) is 11.8 Å². The Balaban J connectivity index is 1.04. The van der Waals surface area contributed by atoms with Gasteiger partial charge in [-0.05, 0) is 69.6 Å². The molecule has 0 unspecified atom stereocenters. The van der Waals surface area contributed by atoms with Crippen molar-refractivity contribution in [3.05, 3.63) is 218 Å². The molecule has 312 valence electrons. The molecule has 0 aliphatic rings. The molecule has 0 saturated heterocycles. The first-order chi connectivity index (χ1) is 33.2. The summed E-state index contributed by atoms with van der Waals surface area (Å²) < 4.78 is 11.1. The zero-order valence-corrected chi connectivity index (χ0v) is 35.9. The monoisotopic (exact) mass is 856 g/mol. The number of rotatable bonds is 6. The molecule has 14 rings (SSSR count). The molecule has 0 fully saturated rings. The predicted octanol–water partition coefficient (Wildman–Crippen LogP) is 15.2. The number of hydrogen-bond acceptors (Lipinski definition) is 5. The van der Waals surface area contributed by atoms with Crippen LogP contribution in [0.15, 0.2) is 223 Å². The fourth-order valence-corrected chi connectivity index (χ4v) is 10.2. The Morgan fingerprint density at radius 1 is 0.328 bits per heavy atom. The number of benzene rings is 10. The van der Waals surface area contributed by atoms with Crippen molar-refractivity contribution < 1.29 is 4.42 Å². The number of nitrogens with zero attached hydrogens (tertiary/aromatic N) is 6. The van der Waals surface area contributed by atoms with Crippen molar-refractivity contribution in [1.82, 2.24) is 29.1 Å². The molecule has 0 bridgehead atoms. The van der Waals surface area contributed by atoms with E-state index in [9.17, 15) is 0 Å². The van der Waals surface area contributed by atoms with Crippen molar-refractivity contribution >= 4 is 76.3 Å². The van der Waals surface area contributed by atoms with E-state index in [1.54, 1.807) is 0 Å². The topological polar surface area (TPSA) is 74.6 Å². The summed E-state index contributed by atoms with van der Waals surface area (Å²) in [6, 6.07) is 76.3. The van der Waals surface area contributed by atoms with Crippen LogP contribution in [0.2, 0.25) is 0 Å². The molecule has 0 N–H and O–H groups in total. The Kier molecular flexibility index (Phi) is 8.15. The third-order valence-electron chi connectivity index (χ3n) is 13.2. The lowest BCUT2D eigenvalue weighted by atomic mass is 10.0. The first-order valence-corrected chi connectivity index (χ1v) is 22.5. The summed E-state index contributed by atoms with van der Waals surface area (Å²) in [5, 5.41) is 8.91. The molecule has 0 spiro atoms. The average Bonchev–Trinajstić information content (AvgIpc) is 4.09. The second-order valence-corrected chi connectivity index (χ2v) is 17.0. The first kappa shape index (κ1) is 37.2. The van der Waals surface area contributed by atoms with Crippen molar-refractivity contribution in [3.8, 4) is 57.0 Å². The lowest BCUT2D eigenvalue weighted by Crippen LogP contribution is -2.07. The quantitative estimate of drug-likeness (QED) is 0.167. The summed E-state index contributed by atoms with van der Waals surface area (Å²) >= 11 is 0. The van der Waals surface area contributed by atoms with Crippen LogP contribution in [-0.2, 0) is 0 Å². The lowest BCUT2D eigenvalue weighted by molar-refractivity contribution is 0.621. The van der Waals surface area contributed by atoms with Gasteiger partial charge >= 0.3 is 0 Å². The smallest absolute Gasteiger partial charge is 0.238 e. The lowest BCUT2D eigenvalue weighted by Gasteiger charge is -2.14. The molecule has 0 aliphatic heterocycles. The molecule has 0 atom stereocenters. The fraction of sp³-hybridized carbons (Fsp3) is 0. The van der Waals surface area contributed by atoms with Crippen LogP contribution in [0.5, 0.6) is 0 Å². The highest BCUT2D eigenvalue weighted by Gasteiger charge is 2.24. The molecule has 4 heterocycles. The Hall–Kier alpha value is -9.20. The third-order valence-corrected chi connectivity index (χ3v) is 13.2. The molecule has 0 aliphatic carbocycles. The molecule has 0 saturated carbocycles. The summed E-state index contributed by atoms with van der Waals surface area (Å²) in [6.45, 7) is 0. The molecule has 67 heavy (non-hydrogen) atoms. The van der Waals surface area contributed by atoms with E-state index < -0.39 is 0 Å². The van der Waals surface area contributed by atoms with Gasteiger partial charge in [0.15, 0.2) is 17.2 Å². The van der Waals surface area contributed by atoms with Gasteiger partial charge in [-0.15, -0.1) is 0 Å². The molecule has 10 aromatic carbocycles. The zero-order valence-electron chi connectivity index (χ0n) is 35.9. The maximum absolute atomic E-state index is 6.47. The Bertz CT molecular complexity index is 4170. The number of aromatic nitrogens is 6. The molecule has 7 heteroatoms. The minimum Gasteiger partial charge on any atom is -0.435 e. The number of oxazole rings is 1. The first-order valence-electron chi connectivity index (χ1n) is 22.5. The maximum atomic E-state index is 6.47. The molecule has 7 nitrogen and oxygen atoms in total. The second kappa shape index (κ2) is 14.7. The van der Waals surface area contributed by atoms with Crippen LogP contribution >= 0.6 is 0 Å². The highest BCUT2D eigenvalue weighted by atomic mass is 16.3. The third kappa shape index (κ3) is 5.78. The summed E-state index contributed by atoms with van der Waals surface area (Å²) in [5.74, 6) is 2.37. The van der Waals surface area contributed by atoms with E-state index in [-0.39, 0.29) is 0 Å². The second-order valence-electron chi connectivity index (χ2n) is 17.0. The van der Waals surface area contributed by atoms with Crippen molar-refractivity contribution in [3.63, 3.8) is 0 Å². The van der Waals surface area contributed by atoms with E-state index in [2.05, 4.69) is 185 Å². The van der Waals surface area contributed by atoms with Gasteiger partial charge in [-0.25, -0.2) is 9.97 Å². The number of fused-ring (bicyclic) bond motifs is 10. The Morgan fingerprint density at radius 3 is 1.48 bits per heavy atom. The van der Waals surface area contributed by atoms with Gasteiger partial charge in [-0.3, -0.25) is 4.57 Å². The van der Waals surface area contributed by atoms with Gasteiger partial charge in [0.05, 0.1) is 22.1 Å². The Labute approximate surface area is 383 Å². The molecular weight excluding hydrogens is 821 g/mol. The van der Waals surface area contributed by atoms with Gasteiger partial charge in [0.1, 0.15) is 5.52 Å². The van der Waals surface area contributed by atoms with E-state index in [4.69, 9.17) is 24.4 Å². The molecule has 0 amide bonds. The predicted molar refractivity (Wildman–Crippen MR) is 273 cm³/mol. The van der Waals surface area contributed by atoms with Crippen LogP contribution in [-0.4, -0.2) is 29.1 Å². The van der Waals surface area contributed by atoms with Crippen molar-refractivity contribution in [2.24, 2.45) is 0 Å². The zero-order chi connectivity index (χ0) is 44.0. The van der Waals surface area contributed by atoms with E-state index in [1.165, 1.54) is 0 Å². The standard InChI is InChI=1S/C60H36N6O/c1-2-17-40(18-3-1)59-61-51-28-14-25-44(56(51)67-59)39-31-33-41(34-32-39)65-52-29-10-8-23-45(52)47-35-36-48-46-24-9-11-30-53(46)66(55(48)54(47)65)60-63-57(49-26-12-19-37-15-4-6-21-42(37)49)62-58(64-60)50-27-13-20-38-16-5-7-22-43(38)50/h1-36H.